The van der Waals surface area contributed by atoms with Gasteiger partial charge in [0.25, 0.3) is 5.69 Å². The number of carbonyl (C=O) groups is 2. The van der Waals surface area contributed by atoms with Crippen molar-refractivity contribution in [1.29, 1.82) is 0 Å². The molecule has 0 spiro atoms. The molecule has 0 aliphatic carbocycles. The van der Waals surface area contributed by atoms with Gasteiger partial charge >= 0.3 is 5.97 Å². The molecule has 2 aromatic rings. The van der Waals surface area contributed by atoms with Crippen LogP contribution in [0.25, 0.3) is 0 Å². The van der Waals surface area contributed by atoms with Crippen LogP contribution in [-0.4, -0.2) is 32.1 Å². The van der Waals surface area contributed by atoms with Crippen LogP contribution in [0, 0.1) is 10.1 Å². The number of amidine groups is 1. The van der Waals surface area contributed by atoms with Crippen LogP contribution in [0.2, 0.25) is 0 Å². The summed E-state index contributed by atoms with van der Waals surface area (Å²) in [6, 6.07) is 14.3. The molecule has 2 aliphatic heterocycles. The highest BCUT2D eigenvalue weighted by molar-refractivity contribution is 8.15. The van der Waals surface area contributed by atoms with E-state index in [2.05, 4.69) is 4.99 Å². The van der Waals surface area contributed by atoms with E-state index in [0.717, 1.165) is 5.56 Å². The number of nitrogens with zero attached hydrogens (tertiary/aromatic N) is 3. The summed E-state index contributed by atoms with van der Waals surface area (Å²) in [5, 5.41) is 11.7. The molecule has 1 saturated heterocycles. The fraction of sp³-hybridized carbons (Fsp3) is 0.227. The number of hydrogen-bond acceptors (Lipinski definition) is 7. The van der Waals surface area contributed by atoms with Gasteiger partial charge in [0, 0.05) is 6.07 Å². The van der Waals surface area contributed by atoms with Gasteiger partial charge in [-0.25, -0.2) is 9.79 Å². The van der Waals surface area contributed by atoms with Crippen LogP contribution in [0.4, 0.5) is 5.69 Å². The molecule has 2 heterocycles. The van der Waals surface area contributed by atoms with E-state index in [1.165, 1.54) is 22.7 Å². The number of para-hydroxylation sites is 1. The van der Waals surface area contributed by atoms with Crippen molar-refractivity contribution >= 4 is 34.5 Å². The summed E-state index contributed by atoms with van der Waals surface area (Å²) in [5.74, 6) is -0.919. The summed E-state index contributed by atoms with van der Waals surface area (Å²) in [6.07, 6.45) is 0. The molecule has 0 N–H and O–H groups in total. The van der Waals surface area contributed by atoms with Gasteiger partial charge in [0.05, 0.1) is 27.0 Å². The molecule has 9 heteroatoms. The zero-order valence-electron chi connectivity index (χ0n) is 16.8. The third-order valence-corrected chi connectivity index (χ3v) is 6.17. The number of carbonyl (C=O) groups excluding carboxylic acids is 2. The molecule has 0 aromatic heterocycles. The predicted molar refractivity (Wildman–Crippen MR) is 116 cm³/mol. The Morgan fingerprint density at radius 3 is 2.58 bits per heavy atom. The average molecular weight is 437 g/mol. The highest BCUT2D eigenvalue weighted by atomic mass is 32.2. The lowest BCUT2D eigenvalue weighted by Gasteiger charge is -2.32. The largest absolute Gasteiger partial charge is 0.457 e. The molecule has 0 bridgehead atoms. The van der Waals surface area contributed by atoms with Crippen LogP contribution in [0.15, 0.2) is 70.9 Å². The summed E-state index contributed by atoms with van der Waals surface area (Å²) in [4.78, 5) is 43.1. The Kier molecular flexibility index (Phi) is 5.60. The minimum absolute atomic E-state index is 0.0374. The van der Waals surface area contributed by atoms with Crippen molar-refractivity contribution < 1.29 is 19.2 Å². The zero-order chi connectivity index (χ0) is 22.1. The maximum Gasteiger partial charge on any atom is 0.338 e. The first kappa shape index (κ1) is 20.8. The van der Waals surface area contributed by atoms with E-state index in [1.807, 2.05) is 30.3 Å². The Balaban J connectivity index is 1.78. The van der Waals surface area contributed by atoms with Crippen LogP contribution in [0.1, 0.15) is 31.0 Å². The molecule has 1 fully saturated rings. The minimum Gasteiger partial charge on any atom is -0.457 e. The summed E-state index contributed by atoms with van der Waals surface area (Å²) in [5.41, 5.74) is 1.37. The number of nitro benzene ring substituents is 1. The number of ether oxygens (including phenoxy) is 1. The quantitative estimate of drug-likeness (QED) is 0.398. The van der Waals surface area contributed by atoms with Gasteiger partial charge in [0.1, 0.15) is 12.6 Å². The van der Waals surface area contributed by atoms with Crippen molar-refractivity contribution in [3.8, 4) is 0 Å². The lowest BCUT2D eigenvalue weighted by molar-refractivity contribution is -0.385. The van der Waals surface area contributed by atoms with Crippen LogP contribution in [0.3, 0.4) is 0 Å². The molecular weight excluding hydrogens is 418 g/mol. The number of aliphatic imine (C=N–C) groups is 1. The van der Waals surface area contributed by atoms with E-state index in [4.69, 9.17) is 4.74 Å². The van der Waals surface area contributed by atoms with E-state index in [0.29, 0.717) is 10.9 Å². The SMILES string of the molecule is CC1=C(C(=O)OCc2ccccc2)[C@H](c2ccccc2[N+](=O)[O-])N2C(=O)[C@@H](C)SC2=N1. The van der Waals surface area contributed by atoms with Gasteiger partial charge in [-0.1, -0.05) is 54.2 Å². The normalized spacial score (nSPS) is 20.4. The van der Waals surface area contributed by atoms with Crippen molar-refractivity contribution in [2.75, 3.05) is 0 Å². The molecule has 8 nitrogen and oxygen atoms in total. The summed E-state index contributed by atoms with van der Waals surface area (Å²) in [7, 11) is 0. The van der Waals surface area contributed by atoms with Gasteiger partial charge in [-0.15, -0.1) is 0 Å². The topological polar surface area (TPSA) is 102 Å². The van der Waals surface area contributed by atoms with Crippen molar-refractivity contribution in [1.82, 2.24) is 4.90 Å². The van der Waals surface area contributed by atoms with Gasteiger partial charge < -0.3 is 4.74 Å². The van der Waals surface area contributed by atoms with Crippen LogP contribution in [-0.2, 0) is 20.9 Å². The second-order valence-electron chi connectivity index (χ2n) is 7.14. The summed E-state index contributed by atoms with van der Waals surface area (Å²) < 4.78 is 5.52. The van der Waals surface area contributed by atoms with Crippen LogP contribution >= 0.6 is 11.8 Å². The van der Waals surface area contributed by atoms with Crippen molar-refractivity contribution in [2.45, 2.75) is 31.7 Å². The first-order valence-corrected chi connectivity index (χ1v) is 10.5. The van der Waals surface area contributed by atoms with Crippen molar-refractivity contribution in [3.05, 3.63) is 87.1 Å². The van der Waals surface area contributed by atoms with E-state index in [-0.39, 0.29) is 29.3 Å². The number of rotatable bonds is 5. The Morgan fingerprint density at radius 2 is 1.87 bits per heavy atom. The number of allylic oxidation sites excluding steroid dienone is 1. The summed E-state index contributed by atoms with van der Waals surface area (Å²) in [6.45, 7) is 3.43. The molecule has 2 aliphatic rings. The van der Waals surface area contributed by atoms with Gasteiger partial charge in [-0.05, 0) is 25.5 Å². The third kappa shape index (κ3) is 3.84. The average Bonchev–Trinajstić information content (AvgIpc) is 3.04. The van der Waals surface area contributed by atoms with Crippen molar-refractivity contribution in [3.63, 3.8) is 0 Å². The molecule has 1 amide bonds. The molecular formula is C22H19N3O5S. The van der Waals surface area contributed by atoms with E-state index < -0.39 is 22.2 Å². The highest BCUT2D eigenvalue weighted by Gasteiger charge is 2.48. The molecule has 0 saturated carbocycles. The molecule has 0 unspecified atom stereocenters. The number of esters is 1. The number of amides is 1. The van der Waals surface area contributed by atoms with Gasteiger partial charge in [-0.2, -0.15) is 0 Å². The van der Waals surface area contributed by atoms with Crippen LogP contribution in [0.5, 0.6) is 0 Å². The molecule has 4 rings (SSSR count). The highest BCUT2D eigenvalue weighted by Crippen LogP contribution is 2.45. The second-order valence-corrected chi connectivity index (χ2v) is 8.45. The maximum absolute atomic E-state index is 13.2. The minimum atomic E-state index is -0.984. The molecule has 31 heavy (non-hydrogen) atoms. The first-order valence-electron chi connectivity index (χ1n) is 9.62. The van der Waals surface area contributed by atoms with E-state index in [1.54, 1.807) is 32.0 Å². The Bertz CT molecular complexity index is 1130. The monoisotopic (exact) mass is 437 g/mol. The maximum atomic E-state index is 13.2. The van der Waals surface area contributed by atoms with Gasteiger partial charge in [-0.3, -0.25) is 19.8 Å². The Morgan fingerprint density at radius 1 is 1.19 bits per heavy atom. The number of benzene rings is 2. The molecule has 158 valence electrons. The predicted octanol–water partition coefficient (Wildman–Crippen LogP) is 3.99. The number of nitro groups is 1. The third-order valence-electron chi connectivity index (χ3n) is 5.12. The molecule has 2 atom stereocenters. The zero-order valence-corrected chi connectivity index (χ0v) is 17.7. The van der Waals surface area contributed by atoms with E-state index >= 15 is 0 Å². The first-order chi connectivity index (χ1) is 14.9. The smallest absolute Gasteiger partial charge is 0.338 e. The Labute approximate surface area is 182 Å². The van der Waals surface area contributed by atoms with E-state index in [9.17, 15) is 19.7 Å². The van der Waals surface area contributed by atoms with Crippen LogP contribution < -0.4 is 0 Å². The fourth-order valence-electron chi connectivity index (χ4n) is 3.64. The summed E-state index contributed by atoms with van der Waals surface area (Å²) >= 11 is 1.27. The lowest BCUT2D eigenvalue weighted by Crippen LogP contribution is -2.40. The number of hydrogen-bond donors (Lipinski definition) is 0. The number of thioether (sulfide) groups is 1. The lowest BCUT2D eigenvalue weighted by atomic mass is 9.93. The van der Waals surface area contributed by atoms with Gasteiger partial charge in [0.2, 0.25) is 5.91 Å². The fourth-order valence-corrected chi connectivity index (χ4v) is 4.67. The van der Waals surface area contributed by atoms with Gasteiger partial charge in [0.15, 0.2) is 5.17 Å². The van der Waals surface area contributed by atoms with Crippen molar-refractivity contribution in [2.24, 2.45) is 4.99 Å². The molecule has 0 radical (unpaired) electrons. The standard InChI is InChI=1S/C22H19N3O5S/c1-13-18(21(27)30-12-15-8-4-3-5-9-15)19(16-10-6-7-11-17(16)25(28)29)24-20(26)14(2)31-22(24)23-13/h3-11,14,19H,12H2,1-2H3/t14-,19+/m1/s1. The number of fused-ring (bicyclic) bond motifs is 1. The second kappa shape index (κ2) is 8.35. The Hall–Kier alpha value is -3.46. The molecule has 2 aromatic carbocycles.